The molecular weight excluding hydrogens is 388 g/mol. The highest BCUT2D eigenvalue weighted by Gasteiger charge is 2.33. The quantitative estimate of drug-likeness (QED) is 0.607. The maximum atomic E-state index is 12.2. The van der Waals surface area contributed by atoms with Gasteiger partial charge < -0.3 is 15.8 Å². The monoisotopic (exact) mass is 410 g/mol. The van der Waals surface area contributed by atoms with E-state index in [0.717, 1.165) is 16.3 Å². The van der Waals surface area contributed by atoms with Crippen molar-refractivity contribution in [1.82, 2.24) is 9.97 Å². The first-order valence-corrected chi connectivity index (χ1v) is 9.79. The van der Waals surface area contributed by atoms with Gasteiger partial charge in [-0.25, -0.2) is 14.8 Å². The first-order chi connectivity index (χ1) is 13.5. The summed E-state index contributed by atoms with van der Waals surface area (Å²) in [7, 11) is 0. The molecule has 0 saturated heterocycles. The molecule has 0 bridgehead atoms. The summed E-state index contributed by atoms with van der Waals surface area (Å²) in [6.45, 7) is 7.66. The van der Waals surface area contributed by atoms with Crippen LogP contribution in [0.1, 0.15) is 49.3 Å². The van der Waals surface area contributed by atoms with Gasteiger partial charge in [0, 0.05) is 28.6 Å². The molecule has 7 heteroatoms. The van der Waals surface area contributed by atoms with E-state index in [0.29, 0.717) is 34.3 Å². The molecule has 150 valence electrons. The Bertz CT molecular complexity index is 1140. The molecule has 1 aliphatic rings. The summed E-state index contributed by atoms with van der Waals surface area (Å²) in [6, 6.07) is 9.18. The fraction of sp³-hybridized carbons (Fsp3) is 0.318. The van der Waals surface area contributed by atoms with Crippen LogP contribution in [-0.2, 0) is 16.7 Å². The first-order valence-electron chi connectivity index (χ1n) is 9.41. The Balaban J connectivity index is 1.73. The molecule has 3 aromatic rings. The minimum Gasteiger partial charge on any atom is -0.456 e. The summed E-state index contributed by atoms with van der Waals surface area (Å²) < 4.78 is 5.43. The number of nitrogens with zero attached hydrogens (tertiary/aromatic N) is 2. The summed E-state index contributed by atoms with van der Waals surface area (Å²) in [5.41, 5.74) is 7.44. The van der Waals surface area contributed by atoms with Gasteiger partial charge in [-0.1, -0.05) is 17.7 Å². The van der Waals surface area contributed by atoms with E-state index in [4.69, 9.17) is 22.1 Å². The fourth-order valence-corrected chi connectivity index (χ4v) is 3.82. The lowest BCUT2D eigenvalue weighted by Gasteiger charge is -2.30. The Morgan fingerprint density at radius 3 is 2.66 bits per heavy atom. The van der Waals surface area contributed by atoms with Gasteiger partial charge in [-0.2, -0.15) is 0 Å². The number of hydrogen-bond donors (Lipinski definition) is 2. The molecule has 0 amide bonds. The van der Waals surface area contributed by atoms with Crippen molar-refractivity contribution < 1.29 is 9.53 Å². The molecule has 3 N–H and O–H groups in total. The molecule has 0 saturated carbocycles. The summed E-state index contributed by atoms with van der Waals surface area (Å²) in [5.74, 6) is 0.885. The molecule has 0 aliphatic carbocycles. The number of fused-ring (bicyclic) bond motifs is 2. The Hall–Kier alpha value is -2.70. The molecule has 0 atom stereocenters. The normalized spacial score (nSPS) is 15.7. The van der Waals surface area contributed by atoms with Gasteiger partial charge in [0.05, 0.1) is 11.3 Å². The fourth-order valence-electron chi connectivity index (χ4n) is 3.60. The topological polar surface area (TPSA) is 90.1 Å². The third-order valence-electron chi connectivity index (χ3n) is 4.95. The van der Waals surface area contributed by atoms with Crippen LogP contribution < -0.4 is 11.1 Å². The number of benzene rings is 1. The lowest BCUT2D eigenvalue weighted by molar-refractivity contribution is -0.00714. The number of rotatable bonds is 3. The number of cyclic esters (lactones) is 1. The number of ether oxygens (including phenoxy) is 1. The van der Waals surface area contributed by atoms with E-state index in [9.17, 15) is 4.79 Å². The highest BCUT2D eigenvalue weighted by Crippen LogP contribution is 2.33. The maximum absolute atomic E-state index is 12.2. The van der Waals surface area contributed by atoms with Gasteiger partial charge in [0.1, 0.15) is 17.2 Å². The molecule has 0 fully saturated rings. The van der Waals surface area contributed by atoms with Crippen molar-refractivity contribution in [1.29, 1.82) is 0 Å². The van der Waals surface area contributed by atoms with Gasteiger partial charge >= 0.3 is 5.97 Å². The van der Waals surface area contributed by atoms with E-state index in [2.05, 4.69) is 15.3 Å². The molecule has 1 aliphatic heterocycles. The predicted octanol–water partition coefficient (Wildman–Crippen LogP) is 4.71. The van der Waals surface area contributed by atoms with Crippen LogP contribution >= 0.6 is 11.6 Å². The third-order valence-corrected chi connectivity index (χ3v) is 5.28. The lowest BCUT2D eigenvalue weighted by Crippen LogP contribution is -2.36. The molecule has 29 heavy (non-hydrogen) atoms. The number of carbonyl (C=O) groups excluding carboxylic acids is 1. The van der Waals surface area contributed by atoms with Crippen LogP contribution in [0.15, 0.2) is 36.5 Å². The molecule has 1 aromatic carbocycles. The van der Waals surface area contributed by atoms with Crippen LogP contribution in [0.5, 0.6) is 0 Å². The lowest BCUT2D eigenvalue weighted by atomic mass is 9.91. The number of anilines is 2. The molecule has 3 heterocycles. The molecule has 6 nitrogen and oxygen atoms in total. The first kappa shape index (κ1) is 19.6. The zero-order valence-corrected chi connectivity index (χ0v) is 17.6. The highest BCUT2D eigenvalue weighted by atomic mass is 35.5. The summed E-state index contributed by atoms with van der Waals surface area (Å²) in [6.07, 6.45) is 2.28. The Labute approximate surface area is 174 Å². The highest BCUT2D eigenvalue weighted by molar-refractivity contribution is 6.35. The average Bonchev–Trinajstić information content (AvgIpc) is 2.59. The van der Waals surface area contributed by atoms with Crippen molar-refractivity contribution in [2.45, 2.75) is 45.3 Å². The van der Waals surface area contributed by atoms with E-state index in [1.165, 1.54) is 0 Å². The van der Waals surface area contributed by atoms with Crippen molar-refractivity contribution in [3.05, 3.63) is 58.4 Å². The Kier molecular flexibility index (Phi) is 4.52. The van der Waals surface area contributed by atoms with E-state index < -0.39 is 11.1 Å². The third kappa shape index (κ3) is 3.78. The number of aromatic nitrogens is 2. The van der Waals surface area contributed by atoms with Gasteiger partial charge in [-0.3, -0.25) is 0 Å². The van der Waals surface area contributed by atoms with Gasteiger partial charge in [-0.05, 0) is 62.9 Å². The summed E-state index contributed by atoms with van der Waals surface area (Å²) >= 11 is 6.35. The zero-order chi connectivity index (χ0) is 21.0. The van der Waals surface area contributed by atoms with Crippen LogP contribution in [0.3, 0.4) is 0 Å². The zero-order valence-electron chi connectivity index (χ0n) is 16.8. The van der Waals surface area contributed by atoms with Crippen LogP contribution in [0.4, 0.5) is 11.6 Å². The Morgan fingerprint density at radius 2 is 1.93 bits per heavy atom. The predicted molar refractivity (Wildman–Crippen MR) is 115 cm³/mol. The van der Waals surface area contributed by atoms with Gasteiger partial charge in [0.15, 0.2) is 0 Å². The number of halogens is 1. The molecule has 0 spiro atoms. The second-order valence-electron chi connectivity index (χ2n) is 8.57. The second-order valence-corrected chi connectivity index (χ2v) is 8.98. The molecule has 0 unspecified atom stereocenters. The van der Waals surface area contributed by atoms with Crippen LogP contribution in [-0.4, -0.2) is 21.5 Å². The number of hydrogen-bond acceptors (Lipinski definition) is 6. The largest absolute Gasteiger partial charge is 0.456 e. The van der Waals surface area contributed by atoms with Crippen molar-refractivity contribution in [2.75, 3.05) is 5.32 Å². The van der Waals surface area contributed by atoms with Crippen molar-refractivity contribution in [3.63, 3.8) is 0 Å². The molecule has 4 rings (SSSR count). The average molecular weight is 411 g/mol. The summed E-state index contributed by atoms with van der Waals surface area (Å²) in [4.78, 5) is 21.3. The van der Waals surface area contributed by atoms with Crippen LogP contribution in [0.2, 0.25) is 5.02 Å². The van der Waals surface area contributed by atoms with E-state index in [1.807, 2.05) is 45.9 Å². The minimum atomic E-state index is -0.574. The molecule has 0 radical (unpaired) electrons. The van der Waals surface area contributed by atoms with E-state index >= 15 is 0 Å². The second kappa shape index (κ2) is 6.68. The number of carbonyl (C=O) groups is 1. The molecular formula is C22H23ClN4O2. The standard InChI is InChI=1S/C22H23ClN4O2/c1-21(2)10-17-12(20(28)29-21)5-8-18(26-17)27-19-9-13-14(11-25-19)16(23)7-6-15(13)22(3,4)24/h5-9,11H,10,24H2,1-4H3,(H,25,26,27). The van der Waals surface area contributed by atoms with Crippen molar-refractivity contribution in [3.8, 4) is 0 Å². The van der Waals surface area contributed by atoms with Crippen LogP contribution in [0, 0.1) is 0 Å². The SMILES string of the molecule is CC1(C)Cc2nc(Nc3cc4c(C(C)(C)N)ccc(Cl)c4cn3)ccc2C(=O)O1. The molecule has 2 aromatic heterocycles. The van der Waals surface area contributed by atoms with Gasteiger partial charge in [-0.15, -0.1) is 0 Å². The summed E-state index contributed by atoms with van der Waals surface area (Å²) in [5, 5.41) is 5.63. The smallest absolute Gasteiger partial charge is 0.340 e. The van der Waals surface area contributed by atoms with Crippen LogP contribution in [0.25, 0.3) is 10.8 Å². The van der Waals surface area contributed by atoms with E-state index in [1.54, 1.807) is 18.3 Å². The number of nitrogens with one attached hydrogen (secondary N) is 1. The Morgan fingerprint density at radius 1 is 1.17 bits per heavy atom. The number of nitrogens with two attached hydrogens (primary N) is 1. The number of pyridine rings is 2. The van der Waals surface area contributed by atoms with Crippen molar-refractivity contribution >= 4 is 40.0 Å². The van der Waals surface area contributed by atoms with Crippen molar-refractivity contribution in [2.24, 2.45) is 5.73 Å². The minimum absolute atomic E-state index is 0.344. The van der Waals surface area contributed by atoms with Gasteiger partial charge in [0.2, 0.25) is 0 Å². The van der Waals surface area contributed by atoms with Gasteiger partial charge in [0.25, 0.3) is 0 Å². The maximum Gasteiger partial charge on any atom is 0.340 e. The van der Waals surface area contributed by atoms with E-state index in [-0.39, 0.29) is 5.97 Å². The number of esters is 1.